The van der Waals surface area contributed by atoms with Crippen LogP contribution >= 0.6 is 11.6 Å². The first-order valence-corrected chi connectivity index (χ1v) is 7.32. The lowest BCUT2D eigenvalue weighted by atomic mass is 9.87. The van der Waals surface area contributed by atoms with Gasteiger partial charge in [0, 0.05) is 18.3 Å². The van der Waals surface area contributed by atoms with E-state index in [1.165, 1.54) is 6.33 Å². The molecule has 0 aliphatic carbocycles. The first-order chi connectivity index (χ1) is 9.57. The summed E-state index contributed by atoms with van der Waals surface area (Å²) in [7, 11) is 0. The quantitative estimate of drug-likeness (QED) is 0.833. The first-order valence-electron chi connectivity index (χ1n) is 6.79. The molecule has 0 fully saturated rings. The van der Waals surface area contributed by atoms with Gasteiger partial charge in [0.25, 0.3) is 0 Å². The molecule has 5 heteroatoms. The monoisotopic (exact) mass is 293 g/mol. The summed E-state index contributed by atoms with van der Waals surface area (Å²) in [6.45, 7) is 4.09. The number of hydrogen-bond donors (Lipinski definition) is 1. The molecule has 0 saturated heterocycles. The van der Waals surface area contributed by atoms with E-state index in [2.05, 4.69) is 10.1 Å². The lowest BCUT2D eigenvalue weighted by Crippen LogP contribution is -2.31. The van der Waals surface area contributed by atoms with Crippen molar-refractivity contribution >= 4 is 11.6 Å². The van der Waals surface area contributed by atoms with Crippen molar-refractivity contribution in [1.82, 2.24) is 14.8 Å². The lowest BCUT2D eigenvalue weighted by Gasteiger charge is -2.28. The van der Waals surface area contributed by atoms with Crippen LogP contribution in [0, 0.1) is 0 Å². The molecular formula is C15H20ClN3O. The number of aromatic nitrogens is 3. The van der Waals surface area contributed by atoms with E-state index in [-0.39, 0.29) is 6.04 Å². The maximum absolute atomic E-state index is 11.0. The smallest absolute Gasteiger partial charge is 0.138 e. The summed E-state index contributed by atoms with van der Waals surface area (Å²) in [5.74, 6) is 1.16. The van der Waals surface area contributed by atoms with Crippen LogP contribution in [0.5, 0.6) is 0 Å². The Morgan fingerprint density at radius 2 is 2.00 bits per heavy atom. The molecule has 1 unspecified atom stereocenters. The number of alkyl halides is 1. The van der Waals surface area contributed by atoms with E-state index >= 15 is 0 Å². The van der Waals surface area contributed by atoms with Crippen LogP contribution in [0.15, 0.2) is 36.7 Å². The summed E-state index contributed by atoms with van der Waals surface area (Å²) >= 11 is 5.88. The van der Waals surface area contributed by atoms with Gasteiger partial charge in [0.1, 0.15) is 12.2 Å². The Bertz CT molecular complexity index is 541. The normalized spacial score (nSPS) is 14.4. The second-order valence-electron chi connectivity index (χ2n) is 5.23. The molecule has 0 radical (unpaired) electrons. The van der Waals surface area contributed by atoms with Gasteiger partial charge in [-0.3, -0.25) is 0 Å². The van der Waals surface area contributed by atoms with E-state index in [9.17, 15) is 5.11 Å². The molecular weight excluding hydrogens is 274 g/mol. The third-order valence-corrected chi connectivity index (χ3v) is 3.60. The van der Waals surface area contributed by atoms with Crippen molar-refractivity contribution in [2.75, 3.05) is 5.88 Å². The zero-order valence-corrected chi connectivity index (χ0v) is 12.6. The molecule has 0 aliphatic heterocycles. The highest BCUT2D eigenvalue weighted by molar-refractivity contribution is 6.17. The summed E-state index contributed by atoms with van der Waals surface area (Å²) in [5.41, 5.74) is -0.151. The van der Waals surface area contributed by atoms with Gasteiger partial charge < -0.3 is 5.11 Å². The Labute approximate surface area is 124 Å². The van der Waals surface area contributed by atoms with Crippen LogP contribution in [0.25, 0.3) is 0 Å². The molecule has 108 valence electrons. The Morgan fingerprint density at radius 1 is 1.30 bits per heavy atom. The molecule has 1 aromatic heterocycles. The van der Waals surface area contributed by atoms with Crippen molar-refractivity contribution < 1.29 is 5.11 Å². The SMILES string of the molecule is CC(C)n1ncnc1CC(O)(CCCl)c1ccccc1. The van der Waals surface area contributed by atoms with Crippen LogP contribution in [0.4, 0.5) is 0 Å². The van der Waals surface area contributed by atoms with Gasteiger partial charge in [-0.2, -0.15) is 5.10 Å². The molecule has 0 saturated carbocycles. The van der Waals surface area contributed by atoms with Gasteiger partial charge in [0.05, 0.1) is 5.60 Å². The molecule has 0 amide bonds. The zero-order valence-electron chi connectivity index (χ0n) is 11.8. The van der Waals surface area contributed by atoms with Crippen molar-refractivity contribution in [2.45, 2.75) is 38.3 Å². The summed E-state index contributed by atoms with van der Waals surface area (Å²) in [6, 6.07) is 9.82. The average molecular weight is 294 g/mol. The maximum Gasteiger partial charge on any atom is 0.138 e. The van der Waals surface area contributed by atoms with E-state index in [1.54, 1.807) is 0 Å². The van der Waals surface area contributed by atoms with Gasteiger partial charge in [-0.15, -0.1) is 11.6 Å². The van der Waals surface area contributed by atoms with E-state index < -0.39 is 5.60 Å². The minimum Gasteiger partial charge on any atom is -0.385 e. The molecule has 2 rings (SSSR count). The first kappa shape index (κ1) is 15.0. The third kappa shape index (κ3) is 3.19. The molecule has 0 spiro atoms. The fraction of sp³-hybridized carbons (Fsp3) is 0.467. The Hall–Kier alpha value is -1.39. The van der Waals surface area contributed by atoms with E-state index in [0.29, 0.717) is 18.7 Å². The molecule has 4 nitrogen and oxygen atoms in total. The van der Waals surface area contributed by atoms with Crippen molar-refractivity contribution in [1.29, 1.82) is 0 Å². The fourth-order valence-electron chi connectivity index (χ4n) is 2.33. The van der Waals surface area contributed by atoms with Crippen molar-refractivity contribution in [3.05, 3.63) is 48.0 Å². The highest BCUT2D eigenvalue weighted by Gasteiger charge is 2.31. The van der Waals surface area contributed by atoms with E-state index in [1.807, 2.05) is 48.9 Å². The molecule has 1 N–H and O–H groups in total. The van der Waals surface area contributed by atoms with Gasteiger partial charge in [0.15, 0.2) is 0 Å². The molecule has 0 aliphatic rings. The predicted octanol–water partition coefficient (Wildman–Crippen LogP) is 2.92. The number of rotatable bonds is 6. The van der Waals surface area contributed by atoms with Crippen LogP contribution in [0.1, 0.15) is 37.7 Å². The second-order valence-corrected chi connectivity index (χ2v) is 5.61. The minimum atomic E-state index is -1.01. The zero-order chi connectivity index (χ0) is 14.6. The summed E-state index contributed by atoms with van der Waals surface area (Å²) in [4.78, 5) is 4.28. The van der Waals surface area contributed by atoms with E-state index in [0.717, 1.165) is 11.4 Å². The van der Waals surface area contributed by atoms with Crippen LogP contribution < -0.4 is 0 Å². The maximum atomic E-state index is 11.0. The largest absolute Gasteiger partial charge is 0.385 e. The van der Waals surface area contributed by atoms with Gasteiger partial charge in [-0.1, -0.05) is 30.3 Å². The van der Waals surface area contributed by atoms with Crippen molar-refractivity contribution in [3.8, 4) is 0 Å². The molecule has 1 aromatic carbocycles. The Balaban J connectivity index is 2.32. The van der Waals surface area contributed by atoms with Crippen LogP contribution in [-0.2, 0) is 12.0 Å². The number of halogens is 1. The lowest BCUT2D eigenvalue weighted by molar-refractivity contribution is 0.0303. The minimum absolute atomic E-state index is 0.212. The Kier molecular flexibility index (Phi) is 4.78. The standard InChI is InChI=1S/C15H20ClN3O/c1-12(2)19-14(17-11-18-19)10-15(20,8-9-16)13-6-4-3-5-7-13/h3-7,11-12,20H,8-10H2,1-2H3. The van der Waals surface area contributed by atoms with Crippen LogP contribution in [-0.4, -0.2) is 25.8 Å². The predicted molar refractivity (Wildman–Crippen MR) is 79.8 cm³/mol. The van der Waals surface area contributed by atoms with E-state index in [4.69, 9.17) is 11.6 Å². The van der Waals surface area contributed by atoms with Gasteiger partial charge in [-0.05, 0) is 25.8 Å². The topological polar surface area (TPSA) is 50.9 Å². The van der Waals surface area contributed by atoms with Crippen LogP contribution in [0.2, 0.25) is 0 Å². The molecule has 1 atom stereocenters. The van der Waals surface area contributed by atoms with Crippen molar-refractivity contribution in [3.63, 3.8) is 0 Å². The van der Waals surface area contributed by atoms with Gasteiger partial charge >= 0.3 is 0 Å². The number of aliphatic hydroxyl groups is 1. The molecule has 2 aromatic rings. The van der Waals surface area contributed by atoms with Gasteiger partial charge in [0.2, 0.25) is 0 Å². The number of nitrogens with zero attached hydrogens (tertiary/aromatic N) is 3. The summed E-state index contributed by atoms with van der Waals surface area (Å²) < 4.78 is 1.84. The highest BCUT2D eigenvalue weighted by atomic mass is 35.5. The fourth-order valence-corrected chi connectivity index (χ4v) is 2.65. The third-order valence-electron chi connectivity index (χ3n) is 3.41. The summed E-state index contributed by atoms with van der Waals surface area (Å²) in [6.07, 6.45) is 2.41. The van der Waals surface area contributed by atoms with Gasteiger partial charge in [-0.25, -0.2) is 9.67 Å². The summed E-state index contributed by atoms with van der Waals surface area (Å²) in [5, 5.41) is 15.2. The molecule has 1 heterocycles. The van der Waals surface area contributed by atoms with Crippen LogP contribution in [0.3, 0.4) is 0 Å². The average Bonchev–Trinajstić information content (AvgIpc) is 2.88. The molecule has 0 bridgehead atoms. The second kappa shape index (κ2) is 6.37. The number of benzene rings is 1. The Morgan fingerprint density at radius 3 is 2.60 bits per heavy atom. The number of hydrogen-bond acceptors (Lipinski definition) is 3. The van der Waals surface area contributed by atoms with Crippen molar-refractivity contribution in [2.24, 2.45) is 0 Å². The molecule has 20 heavy (non-hydrogen) atoms. The highest BCUT2D eigenvalue weighted by Crippen LogP contribution is 2.29.